The number of ether oxygens (including phenoxy) is 2. The molecule has 0 rings (SSSR count). The zero-order valence-corrected chi connectivity index (χ0v) is 7.41. The largest absolute Gasteiger partial charge is 0.460 e. The number of rotatable bonds is 4. The summed E-state index contributed by atoms with van der Waals surface area (Å²) in [5.41, 5.74) is 0. The van der Waals surface area contributed by atoms with Crippen molar-refractivity contribution in [2.45, 2.75) is 13.0 Å². The van der Waals surface area contributed by atoms with Crippen molar-refractivity contribution in [3.8, 4) is 0 Å². The number of carbonyl (C=O) groups is 2. The fourth-order valence-electron chi connectivity index (χ4n) is 0.326. The van der Waals surface area contributed by atoms with Crippen LogP contribution in [0.4, 0.5) is 0 Å². The third kappa shape index (κ3) is 8.84. The predicted molar refractivity (Wildman–Crippen MR) is 44.7 cm³/mol. The van der Waals surface area contributed by atoms with Gasteiger partial charge in [-0.05, 0) is 6.92 Å². The Morgan fingerprint density at radius 3 is 2.42 bits per heavy atom. The summed E-state index contributed by atoms with van der Waals surface area (Å²) in [5.74, 6) is -0.413. The molecule has 1 unspecified atom stereocenters. The summed E-state index contributed by atoms with van der Waals surface area (Å²) in [4.78, 5) is 18.4. The molecule has 0 aliphatic heterocycles. The van der Waals surface area contributed by atoms with Crippen LogP contribution in [0.3, 0.4) is 0 Å². The van der Waals surface area contributed by atoms with Gasteiger partial charge in [-0.1, -0.05) is 6.58 Å². The normalized spacial score (nSPS) is 10.5. The lowest BCUT2D eigenvalue weighted by Crippen LogP contribution is -2.16. The van der Waals surface area contributed by atoms with E-state index in [4.69, 9.17) is 9.53 Å². The first-order chi connectivity index (χ1) is 5.70. The van der Waals surface area contributed by atoms with Gasteiger partial charge in [-0.3, -0.25) is 0 Å². The molecule has 0 spiro atoms. The molecule has 0 amide bonds. The van der Waals surface area contributed by atoms with Crippen molar-refractivity contribution in [1.29, 1.82) is 0 Å². The molecule has 0 fully saturated rings. The first kappa shape index (κ1) is 13.4. The van der Waals surface area contributed by atoms with E-state index in [1.165, 1.54) is 0 Å². The number of methoxy groups -OCH3 is 1. The Kier molecular flexibility index (Phi) is 11.0. The van der Waals surface area contributed by atoms with Gasteiger partial charge in [-0.25, -0.2) is 4.79 Å². The highest BCUT2D eigenvalue weighted by atomic mass is 16.6. The maximum Gasteiger partial charge on any atom is 0.330 e. The van der Waals surface area contributed by atoms with Gasteiger partial charge in [0.25, 0.3) is 0 Å². The Hall–Kier alpha value is -1.16. The van der Waals surface area contributed by atoms with Crippen LogP contribution in [-0.2, 0) is 19.1 Å². The lowest BCUT2D eigenvalue weighted by molar-refractivity contribution is -0.140. The first-order valence-corrected chi connectivity index (χ1v) is 3.31. The molecule has 0 heterocycles. The van der Waals surface area contributed by atoms with Crippen molar-refractivity contribution < 1.29 is 19.1 Å². The Labute approximate surface area is 72.2 Å². The van der Waals surface area contributed by atoms with E-state index in [1.54, 1.807) is 7.11 Å². The molecule has 1 atom stereocenters. The molecule has 0 aromatic heterocycles. The van der Waals surface area contributed by atoms with Crippen LogP contribution in [0.2, 0.25) is 0 Å². The van der Waals surface area contributed by atoms with Gasteiger partial charge in [0, 0.05) is 13.2 Å². The van der Waals surface area contributed by atoms with Crippen molar-refractivity contribution in [2.24, 2.45) is 0 Å². The Morgan fingerprint density at radius 2 is 2.08 bits per heavy atom. The molecule has 0 N–H and O–H groups in total. The SMILES string of the molecule is C=CC(=O)OCC(C)OC.C=O. The van der Waals surface area contributed by atoms with Crippen LogP contribution in [0.5, 0.6) is 0 Å². The summed E-state index contributed by atoms with van der Waals surface area (Å²) in [6.45, 7) is 7.34. The molecule has 0 bridgehead atoms. The van der Waals surface area contributed by atoms with E-state index >= 15 is 0 Å². The van der Waals surface area contributed by atoms with Crippen LogP contribution < -0.4 is 0 Å². The van der Waals surface area contributed by atoms with E-state index in [0.29, 0.717) is 0 Å². The molecule has 4 heteroatoms. The highest BCUT2D eigenvalue weighted by Gasteiger charge is 2.01. The van der Waals surface area contributed by atoms with Crippen molar-refractivity contribution in [3.63, 3.8) is 0 Å². The fourth-order valence-corrected chi connectivity index (χ4v) is 0.326. The van der Waals surface area contributed by atoms with Gasteiger partial charge in [0.1, 0.15) is 13.4 Å². The van der Waals surface area contributed by atoms with E-state index in [0.717, 1.165) is 6.08 Å². The minimum Gasteiger partial charge on any atom is -0.460 e. The summed E-state index contributed by atoms with van der Waals surface area (Å²) < 4.78 is 9.50. The highest BCUT2D eigenvalue weighted by molar-refractivity contribution is 5.81. The Balaban J connectivity index is 0. The second-order valence-corrected chi connectivity index (χ2v) is 1.88. The molecule has 0 aliphatic rings. The Morgan fingerprint density at radius 1 is 1.58 bits per heavy atom. The molecular formula is C8H14O4. The van der Waals surface area contributed by atoms with Gasteiger partial charge in [-0.15, -0.1) is 0 Å². The fraction of sp³-hybridized carbons (Fsp3) is 0.500. The number of hydrogen-bond acceptors (Lipinski definition) is 4. The van der Waals surface area contributed by atoms with Crippen LogP contribution in [0.1, 0.15) is 6.92 Å². The number of esters is 1. The number of carbonyl (C=O) groups excluding carboxylic acids is 2. The quantitative estimate of drug-likeness (QED) is 0.461. The van der Waals surface area contributed by atoms with Gasteiger partial charge in [0.2, 0.25) is 0 Å². The number of hydrogen-bond donors (Lipinski definition) is 0. The molecule has 4 nitrogen and oxygen atoms in total. The van der Waals surface area contributed by atoms with Crippen molar-refractivity contribution in [2.75, 3.05) is 13.7 Å². The average Bonchev–Trinajstić information content (AvgIpc) is 2.16. The summed E-state index contributed by atoms with van der Waals surface area (Å²) in [7, 11) is 1.56. The molecule has 0 saturated heterocycles. The van der Waals surface area contributed by atoms with Gasteiger partial charge in [0.15, 0.2) is 0 Å². The van der Waals surface area contributed by atoms with Crippen molar-refractivity contribution in [3.05, 3.63) is 12.7 Å². The topological polar surface area (TPSA) is 52.6 Å². The smallest absolute Gasteiger partial charge is 0.330 e. The third-order valence-electron chi connectivity index (χ3n) is 1.03. The zero-order valence-electron chi connectivity index (χ0n) is 7.41. The van der Waals surface area contributed by atoms with E-state index in [-0.39, 0.29) is 12.7 Å². The Bertz CT molecular complexity index is 133. The monoisotopic (exact) mass is 174 g/mol. The second-order valence-electron chi connectivity index (χ2n) is 1.88. The standard InChI is InChI=1S/C7H12O3.CH2O/c1-4-7(8)10-5-6(2)9-3;1-2/h4,6H,1,5H2,2-3H3;1H2. The minimum absolute atomic E-state index is 0.0519. The van der Waals surface area contributed by atoms with E-state index in [9.17, 15) is 4.79 Å². The molecule has 12 heavy (non-hydrogen) atoms. The van der Waals surface area contributed by atoms with Crippen LogP contribution in [-0.4, -0.2) is 32.6 Å². The van der Waals surface area contributed by atoms with Gasteiger partial charge < -0.3 is 14.3 Å². The lowest BCUT2D eigenvalue weighted by atomic mass is 10.4. The lowest BCUT2D eigenvalue weighted by Gasteiger charge is -2.07. The van der Waals surface area contributed by atoms with Gasteiger partial charge in [-0.2, -0.15) is 0 Å². The summed E-state index contributed by atoms with van der Waals surface area (Å²) >= 11 is 0. The minimum atomic E-state index is -0.413. The van der Waals surface area contributed by atoms with Gasteiger partial charge in [0.05, 0.1) is 6.10 Å². The highest BCUT2D eigenvalue weighted by Crippen LogP contribution is 1.89. The first-order valence-electron chi connectivity index (χ1n) is 3.31. The molecule has 0 aromatic rings. The zero-order chi connectivity index (χ0) is 9.98. The summed E-state index contributed by atoms with van der Waals surface area (Å²) in [6, 6.07) is 0. The summed E-state index contributed by atoms with van der Waals surface area (Å²) in [6.07, 6.45) is 1.08. The molecule has 0 radical (unpaired) electrons. The van der Waals surface area contributed by atoms with Crippen LogP contribution in [0.15, 0.2) is 12.7 Å². The third-order valence-corrected chi connectivity index (χ3v) is 1.03. The molecule has 0 saturated carbocycles. The average molecular weight is 174 g/mol. The van der Waals surface area contributed by atoms with Crippen molar-refractivity contribution >= 4 is 12.8 Å². The van der Waals surface area contributed by atoms with Crippen LogP contribution in [0, 0.1) is 0 Å². The molecule has 0 aliphatic carbocycles. The van der Waals surface area contributed by atoms with E-state index < -0.39 is 5.97 Å². The second kappa shape index (κ2) is 9.84. The maximum absolute atomic E-state index is 10.4. The molecule has 70 valence electrons. The van der Waals surface area contributed by atoms with E-state index in [1.807, 2.05) is 13.7 Å². The molecular weight excluding hydrogens is 160 g/mol. The van der Waals surface area contributed by atoms with Crippen LogP contribution in [0.25, 0.3) is 0 Å². The summed E-state index contributed by atoms with van der Waals surface area (Å²) in [5, 5.41) is 0. The maximum atomic E-state index is 10.4. The predicted octanol–water partition coefficient (Wildman–Crippen LogP) is 0.566. The van der Waals surface area contributed by atoms with Gasteiger partial charge >= 0.3 is 5.97 Å². The van der Waals surface area contributed by atoms with Crippen LogP contribution >= 0.6 is 0 Å². The van der Waals surface area contributed by atoms with E-state index in [2.05, 4.69) is 11.3 Å². The molecule has 0 aromatic carbocycles. The van der Waals surface area contributed by atoms with Crippen molar-refractivity contribution in [1.82, 2.24) is 0 Å².